The number of benzene rings is 1. The molecule has 1 aliphatic rings. The Bertz CT molecular complexity index is 690. The van der Waals surface area contributed by atoms with Crippen LogP contribution >= 0.6 is 0 Å². The summed E-state index contributed by atoms with van der Waals surface area (Å²) in [6.45, 7) is 3.09. The van der Waals surface area contributed by atoms with Gasteiger partial charge in [-0.25, -0.2) is 9.97 Å². The lowest BCUT2D eigenvalue weighted by molar-refractivity contribution is -0.131. The maximum Gasteiger partial charge on any atom is 0.257 e. The molecule has 118 valence electrons. The summed E-state index contributed by atoms with van der Waals surface area (Å²) in [5.41, 5.74) is 1.48. The summed E-state index contributed by atoms with van der Waals surface area (Å²) in [5.74, 6) is -0.0799. The first kappa shape index (κ1) is 15.1. The zero-order valence-corrected chi connectivity index (χ0v) is 12.9. The van der Waals surface area contributed by atoms with E-state index >= 15 is 0 Å². The predicted molar refractivity (Wildman–Crippen MR) is 84.5 cm³/mol. The van der Waals surface area contributed by atoms with Crippen molar-refractivity contribution in [2.45, 2.75) is 13.0 Å². The zero-order chi connectivity index (χ0) is 16.2. The Balaban J connectivity index is 1.91. The number of rotatable bonds is 2. The van der Waals surface area contributed by atoms with Gasteiger partial charge in [-0.15, -0.1) is 0 Å². The van der Waals surface area contributed by atoms with Gasteiger partial charge in [-0.3, -0.25) is 9.59 Å². The van der Waals surface area contributed by atoms with Gasteiger partial charge in [-0.2, -0.15) is 0 Å². The third-order valence-electron chi connectivity index (χ3n) is 4.08. The molecule has 3 rings (SSSR count). The summed E-state index contributed by atoms with van der Waals surface area (Å²) in [5, 5.41) is 0. The van der Waals surface area contributed by atoms with Crippen molar-refractivity contribution >= 4 is 11.8 Å². The van der Waals surface area contributed by atoms with Crippen LogP contribution in [0.15, 0.2) is 49.1 Å². The molecule has 0 saturated carbocycles. The highest BCUT2D eigenvalue weighted by molar-refractivity contribution is 5.94. The van der Waals surface area contributed by atoms with Crippen LogP contribution in [0.1, 0.15) is 28.9 Å². The van der Waals surface area contributed by atoms with E-state index in [1.807, 2.05) is 30.3 Å². The van der Waals surface area contributed by atoms with Crippen molar-refractivity contribution in [1.29, 1.82) is 0 Å². The molecule has 23 heavy (non-hydrogen) atoms. The molecule has 1 atom stereocenters. The van der Waals surface area contributed by atoms with E-state index in [9.17, 15) is 9.59 Å². The summed E-state index contributed by atoms with van der Waals surface area (Å²) < 4.78 is 0. The summed E-state index contributed by atoms with van der Waals surface area (Å²) in [7, 11) is 0. The van der Waals surface area contributed by atoms with Crippen molar-refractivity contribution in [1.82, 2.24) is 19.8 Å². The number of carbonyl (C=O) groups excluding carboxylic acids is 2. The molecule has 0 spiro atoms. The van der Waals surface area contributed by atoms with Crippen molar-refractivity contribution in [3.63, 3.8) is 0 Å². The van der Waals surface area contributed by atoms with Crippen LogP contribution < -0.4 is 0 Å². The average Bonchev–Trinajstić information content (AvgIpc) is 2.62. The second-order valence-electron chi connectivity index (χ2n) is 5.52. The lowest BCUT2D eigenvalue weighted by Crippen LogP contribution is -2.51. The van der Waals surface area contributed by atoms with Gasteiger partial charge in [0.1, 0.15) is 6.33 Å². The normalized spacial score (nSPS) is 17.9. The third-order valence-corrected chi connectivity index (χ3v) is 4.08. The molecule has 0 N–H and O–H groups in total. The van der Waals surface area contributed by atoms with Crippen molar-refractivity contribution in [2.75, 3.05) is 19.6 Å². The average molecular weight is 310 g/mol. The van der Waals surface area contributed by atoms with Crippen LogP contribution in [0.25, 0.3) is 0 Å². The molecule has 6 nitrogen and oxygen atoms in total. The van der Waals surface area contributed by atoms with Crippen LogP contribution in [0.4, 0.5) is 0 Å². The third kappa shape index (κ3) is 3.21. The van der Waals surface area contributed by atoms with Crippen molar-refractivity contribution in [3.8, 4) is 0 Å². The predicted octanol–water partition coefficient (Wildman–Crippen LogP) is 1.52. The van der Waals surface area contributed by atoms with E-state index in [2.05, 4.69) is 9.97 Å². The van der Waals surface area contributed by atoms with E-state index in [1.54, 1.807) is 16.7 Å². The van der Waals surface area contributed by atoms with Crippen LogP contribution in [-0.2, 0) is 4.79 Å². The minimum absolute atomic E-state index is 0.0288. The van der Waals surface area contributed by atoms with Crippen molar-refractivity contribution in [3.05, 3.63) is 60.2 Å². The molecule has 0 unspecified atom stereocenters. The van der Waals surface area contributed by atoms with Crippen LogP contribution in [0.2, 0.25) is 0 Å². The second kappa shape index (κ2) is 6.56. The van der Waals surface area contributed by atoms with E-state index in [0.29, 0.717) is 25.2 Å². The molecular weight excluding hydrogens is 292 g/mol. The number of piperazine rings is 1. The van der Waals surface area contributed by atoms with Gasteiger partial charge in [0.25, 0.3) is 5.91 Å². The summed E-state index contributed by atoms with van der Waals surface area (Å²) >= 11 is 0. The number of hydrogen-bond donors (Lipinski definition) is 0. The van der Waals surface area contributed by atoms with Crippen molar-refractivity contribution < 1.29 is 9.59 Å². The molecule has 2 amide bonds. The highest BCUT2D eigenvalue weighted by Gasteiger charge is 2.33. The molecule has 1 aromatic heterocycles. The van der Waals surface area contributed by atoms with Gasteiger partial charge in [0.05, 0.1) is 11.6 Å². The Hall–Kier alpha value is -2.76. The molecule has 1 saturated heterocycles. The largest absolute Gasteiger partial charge is 0.339 e. The number of nitrogens with zero attached hydrogens (tertiary/aromatic N) is 4. The molecule has 0 bridgehead atoms. The van der Waals surface area contributed by atoms with Gasteiger partial charge in [0.2, 0.25) is 5.91 Å². The fourth-order valence-corrected chi connectivity index (χ4v) is 2.85. The monoisotopic (exact) mass is 310 g/mol. The number of carbonyl (C=O) groups is 2. The first-order valence-corrected chi connectivity index (χ1v) is 7.53. The van der Waals surface area contributed by atoms with Gasteiger partial charge in [0, 0.05) is 39.0 Å². The summed E-state index contributed by atoms with van der Waals surface area (Å²) in [6, 6.07) is 9.62. The molecule has 0 aliphatic carbocycles. The van der Waals surface area contributed by atoms with Gasteiger partial charge in [-0.1, -0.05) is 30.3 Å². The Morgan fingerprint density at radius 2 is 1.78 bits per heavy atom. The number of hydrogen-bond acceptors (Lipinski definition) is 4. The minimum atomic E-state index is -0.165. The van der Waals surface area contributed by atoms with Crippen molar-refractivity contribution in [2.24, 2.45) is 0 Å². The second-order valence-corrected chi connectivity index (χ2v) is 5.52. The summed E-state index contributed by atoms with van der Waals surface area (Å²) in [6.07, 6.45) is 4.45. The lowest BCUT2D eigenvalue weighted by Gasteiger charge is -2.41. The SMILES string of the molecule is CC(=O)N1CCN(C(=O)c2cncnc2)[C@@H](c2ccccc2)C1. The Labute approximate surface area is 134 Å². The quantitative estimate of drug-likeness (QED) is 0.843. The molecule has 2 heterocycles. The maximum atomic E-state index is 12.8. The molecule has 2 aromatic rings. The van der Waals surface area contributed by atoms with Gasteiger partial charge in [0.15, 0.2) is 0 Å². The van der Waals surface area contributed by atoms with E-state index in [0.717, 1.165) is 5.56 Å². The Morgan fingerprint density at radius 1 is 1.09 bits per heavy atom. The molecular formula is C17H18N4O2. The molecule has 1 aromatic carbocycles. The van der Waals surface area contributed by atoms with Crippen LogP contribution in [0.5, 0.6) is 0 Å². The topological polar surface area (TPSA) is 66.4 Å². The fourth-order valence-electron chi connectivity index (χ4n) is 2.85. The van der Waals surface area contributed by atoms with E-state index in [-0.39, 0.29) is 17.9 Å². The Kier molecular flexibility index (Phi) is 4.32. The first-order valence-electron chi connectivity index (χ1n) is 7.53. The molecule has 6 heteroatoms. The molecule has 1 fully saturated rings. The first-order chi connectivity index (χ1) is 11.2. The zero-order valence-electron chi connectivity index (χ0n) is 12.9. The Morgan fingerprint density at radius 3 is 2.43 bits per heavy atom. The van der Waals surface area contributed by atoms with Crippen LogP contribution in [-0.4, -0.2) is 51.2 Å². The van der Waals surface area contributed by atoms with E-state index in [1.165, 1.54) is 18.7 Å². The number of amides is 2. The highest BCUT2D eigenvalue weighted by atomic mass is 16.2. The smallest absolute Gasteiger partial charge is 0.257 e. The van der Waals surface area contributed by atoms with Gasteiger partial charge < -0.3 is 9.80 Å². The molecule has 0 radical (unpaired) electrons. The van der Waals surface area contributed by atoms with Crippen LogP contribution in [0, 0.1) is 0 Å². The lowest BCUT2D eigenvalue weighted by atomic mass is 10.0. The minimum Gasteiger partial charge on any atom is -0.339 e. The highest BCUT2D eigenvalue weighted by Crippen LogP contribution is 2.27. The fraction of sp³-hybridized carbons (Fsp3) is 0.294. The summed E-state index contributed by atoms with van der Waals surface area (Å²) in [4.78, 5) is 35.9. The maximum absolute atomic E-state index is 12.8. The van der Waals surface area contributed by atoms with E-state index in [4.69, 9.17) is 0 Å². The number of aromatic nitrogens is 2. The standard InChI is InChI=1S/C17H18N4O2/c1-13(22)20-7-8-21(17(23)15-9-18-12-19-10-15)16(11-20)14-5-3-2-4-6-14/h2-6,9-10,12,16H,7-8,11H2,1H3/t16-/m1/s1. The van der Waals surface area contributed by atoms with E-state index < -0.39 is 0 Å². The van der Waals surface area contributed by atoms with Crippen LogP contribution in [0.3, 0.4) is 0 Å². The van der Waals surface area contributed by atoms with Gasteiger partial charge in [-0.05, 0) is 5.56 Å². The molecule has 1 aliphatic heterocycles. The van der Waals surface area contributed by atoms with Gasteiger partial charge >= 0.3 is 0 Å².